The first-order valence-electron chi connectivity index (χ1n) is 5.71. The molecule has 1 aromatic carbocycles. The SMILES string of the molecule is C[C@]1(N2C(=O)c3ccccc3C2=O)CCOC1=O. The first-order valence-corrected chi connectivity index (χ1v) is 5.71. The number of hydrogen-bond donors (Lipinski definition) is 0. The van der Waals surface area contributed by atoms with Gasteiger partial charge >= 0.3 is 5.97 Å². The van der Waals surface area contributed by atoms with E-state index in [0.29, 0.717) is 17.5 Å². The van der Waals surface area contributed by atoms with Crippen LogP contribution in [0.4, 0.5) is 0 Å². The lowest BCUT2D eigenvalue weighted by Crippen LogP contribution is -2.52. The molecule has 0 unspecified atom stereocenters. The Labute approximate surface area is 103 Å². The van der Waals surface area contributed by atoms with Gasteiger partial charge in [0.1, 0.15) is 5.54 Å². The molecule has 92 valence electrons. The molecule has 0 bridgehead atoms. The number of imide groups is 1. The number of ether oxygens (including phenoxy) is 1. The number of amides is 2. The maximum Gasteiger partial charge on any atom is 0.332 e. The van der Waals surface area contributed by atoms with Gasteiger partial charge in [0.15, 0.2) is 0 Å². The molecule has 1 fully saturated rings. The van der Waals surface area contributed by atoms with E-state index >= 15 is 0 Å². The van der Waals surface area contributed by atoms with Crippen molar-refractivity contribution in [2.45, 2.75) is 18.9 Å². The fraction of sp³-hybridized carbons (Fsp3) is 0.308. The second kappa shape index (κ2) is 3.41. The number of hydrogen-bond acceptors (Lipinski definition) is 4. The van der Waals surface area contributed by atoms with E-state index in [-0.39, 0.29) is 6.61 Å². The summed E-state index contributed by atoms with van der Waals surface area (Å²) in [6, 6.07) is 6.59. The molecule has 5 nitrogen and oxygen atoms in total. The van der Waals surface area contributed by atoms with Crippen molar-refractivity contribution in [2.75, 3.05) is 6.61 Å². The average molecular weight is 245 g/mol. The zero-order valence-electron chi connectivity index (χ0n) is 9.80. The van der Waals surface area contributed by atoms with E-state index < -0.39 is 23.3 Å². The molecule has 0 saturated carbocycles. The molecule has 5 heteroatoms. The molecule has 18 heavy (non-hydrogen) atoms. The molecule has 1 aromatic rings. The lowest BCUT2D eigenvalue weighted by molar-refractivity contribution is -0.145. The molecule has 2 aliphatic rings. The summed E-state index contributed by atoms with van der Waals surface area (Å²) < 4.78 is 4.89. The summed E-state index contributed by atoms with van der Waals surface area (Å²) in [4.78, 5) is 37.3. The Balaban J connectivity index is 2.10. The minimum Gasteiger partial charge on any atom is -0.464 e. The lowest BCUT2D eigenvalue weighted by Gasteiger charge is -2.29. The highest BCUT2D eigenvalue weighted by molar-refractivity contribution is 6.23. The molecule has 0 N–H and O–H groups in total. The molecule has 2 amide bonds. The number of carbonyl (C=O) groups is 3. The molecule has 0 spiro atoms. The van der Waals surface area contributed by atoms with Crippen molar-refractivity contribution in [2.24, 2.45) is 0 Å². The number of esters is 1. The van der Waals surface area contributed by atoms with Crippen LogP contribution in [-0.4, -0.2) is 34.8 Å². The predicted octanol–water partition coefficient (Wildman–Crippen LogP) is 0.988. The number of cyclic esters (lactones) is 1. The predicted molar refractivity (Wildman–Crippen MR) is 60.9 cm³/mol. The molecule has 1 atom stereocenters. The molecular formula is C13H11NO4. The monoisotopic (exact) mass is 245 g/mol. The van der Waals surface area contributed by atoms with E-state index in [1.165, 1.54) is 0 Å². The van der Waals surface area contributed by atoms with Gasteiger partial charge in [0.2, 0.25) is 0 Å². The minimum atomic E-state index is -1.17. The number of carbonyl (C=O) groups excluding carboxylic acids is 3. The zero-order valence-corrected chi connectivity index (χ0v) is 9.80. The smallest absolute Gasteiger partial charge is 0.332 e. The van der Waals surface area contributed by atoms with Crippen LogP contribution in [0.1, 0.15) is 34.1 Å². The first-order chi connectivity index (χ1) is 8.55. The third-order valence-electron chi connectivity index (χ3n) is 3.55. The van der Waals surface area contributed by atoms with Crippen molar-refractivity contribution in [3.05, 3.63) is 35.4 Å². The van der Waals surface area contributed by atoms with Gasteiger partial charge in [0.05, 0.1) is 17.7 Å². The van der Waals surface area contributed by atoms with E-state index in [1.54, 1.807) is 31.2 Å². The number of nitrogens with zero attached hydrogens (tertiary/aromatic N) is 1. The van der Waals surface area contributed by atoms with Crippen molar-refractivity contribution in [3.63, 3.8) is 0 Å². The Morgan fingerprint density at radius 2 is 1.67 bits per heavy atom. The summed E-state index contributed by atoms with van der Waals surface area (Å²) >= 11 is 0. The van der Waals surface area contributed by atoms with E-state index in [0.717, 1.165) is 4.90 Å². The molecule has 3 rings (SSSR count). The Morgan fingerprint density at radius 1 is 1.11 bits per heavy atom. The van der Waals surface area contributed by atoms with Crippen LogP contribution >= 0.6 is 0 Å². The topological polar surface area (TPSA) is 63.7 Å². The molecule has 1 saturated heterocycles. The molecule has 0 aliphatic carbocycles. The van der Waals surface area contributed by atoms with Gasteiger partial charge in [0.25, 0.3) is 11.8 Å². The van der Waals surface area contributed by atoms with Gasteiger partial charge in [-0.25, -0.2) is 4.79 Å². The van der Waals surface area contributed by atoms with Crippen LogP contribution in [-0.2, 0) is 9.53 Å². The maximum absolute atomic E-state index is 12.2. The van der Waals surface area contributed by atoms with Crippen LogP contribution < -0.4 is 0 Å². The Hall–Kier alpha value is -2.17. The van der Waals surface area contributed by atoms with Crippen molar-refractivity contribution in [3.8, 4) is 0 Å². The van der Waals surface area contributed by atoms with E-state index in [4.69, 9.17) is 4.74 Å². The fourth-order valence-corrected chi connectivity index (χ4v) is 2.44. The number of rotatable bonds is 1. The van der Waals surface area contributed by atoms with E-state index in [2.05, 4.69) is 0 Å². The van der Waals surface area contributed by atoms with E-state index in [1.807, 2.05) is 0 Å². The second-order valence-electron chi connectivity index (χ2n) is 4.65. The third-order valence-corrected chi connectivity index (χ3v) is 3.55. The maximum atomic E-state index is 12.2. The van der Waals surface area contributed by atoms with Gasteiger partial charge in [-0.1, -0.05) is 12.1 Å². The standard InChI is InChI=1S/C13H11NO4/c1-13(6-7-18-12(13)17)14-10(15)8-4-2-3-5-9(8)11(14)16/h2-5H,6-7H2,1H3/t13-/m0/s1. The highest BCUT2D eigenvalue weighted by Gasteiger charge is 2.53. The first kappa shape index (κ1) is 11.0. The minimum absolute atomic E-state index is 0.239. The lowest BCUT2D eigenvalue weighted by atomic mass is 9.98. The van der Waals surface area contributed by atoms with Crippen LogP contribution in [0.15, 0.2) is 24.3 Å². The summed E-state index contributed by atoms with van der Waals surface area (Å²) in [5.41, 5.74) is -0.473. The average Bonchev–Trinajstić information content (AvgIpc) is 2.82. The van der Waals surface area contributed by atoms with Gasteiger partial charge < -0.3 is 4.74 Å². The zero-order chi connectivity index (χ0) is 12.9. The van der Waals surface area contributed by atoms with Gasteiger partial charge in [0, 0.05) is 6.42 Å². The number of benzene rings is 1. The summed E-state index contributed by atoms with van der Waals surface area (Å²) in [6.45, 7) is 1.81. The van der Waals surface area contributed by atoms with Crippen LogP contribution in [0.3, 0.4) is 0 Å². The Morgan fingerprint density at radius 3 is 2.11 bits per heavy atom. The van der Waals surface area contributed by atoms with Gasteiger partial charge in [-0.3, -0.25) is 14.5 Å². The van der Waals surface area contributed by atoms with Crippen molar-refractivity contribution < 1.29 is 19.1 Å². The molecule has 0 radical (unpaired) electrons. The van der Waals surface area contributed by atoms with Crippen LogP contribution in [0.25, 0.3) is 0 Å². The van der Waals surface area contributed by atoms with Gasteiger partial charge in [-0.05, 0) is 19.1 Å². The summed E-state index contributed by atoms with van der Waals surface area (Å²) in [5.74, 6) is -1.36. The van der Waals surface area contributed by atoms with E-state index in [9.17, 15) is 14.4 Å². The third kappa shape index (κ3) is 1.19. The number of fused-ring (bicyclic) bond motifs is 1. The molecular weight excluding hydrogens is 234 g/mol. The Kier molecular flexibility index (Phi) is 2.08. The molecule has 2 heterocycles. The van der Waals surface area contributed by atoms with Crippen molar-refractivity contribution >= 4 is 17.8 Å². The second-order valence-corrected chi connectivity index (χ2v) is 4.65. The highest BCUT2D eigenvalue weighted by atomic mass is 16.5. The molecule has 0 aromatic heterocycles. The van der Waals surface area contributed by atoms with Gasteiger partial charge in [-0.15, -0.1) is 0 Å². The molecule has 2 aliphatic heterocycles. The Bertz CT molecular complexity index is 545. The largest absolute Gasteiger partial charge is 0.464 e. The van der Waals surface area contributed by atoms with Crippen LogP contribution in [0, 0.1) is 0 Å². The quantitative estimate of drug-likeness (QED) is 0.546. The normalized spacial score (nSPS) is 26.5. The van der Waals surface area contributed by atoms with Crippen molar-refractivity contribution in [1.82, 2.24) is 4.90 Å². The van der Waals surface area contributed by atoms with Gasteiger partial charge in [-0.2, -0.15) is 0 Å². The summed E-state index contributed by atoms with van der Waals surface area (Å²) in [7, 11) is 0. The van der Waals surface area contributed by atoms with Crippen molar-refractivity contribution in [1.29, 1.82) is 0 Å². The highest BCUT2D eigenvalue weighted by Crippen LogP contribution is 2.34. The van der Waals surface area contributed by atoms with Crippen LogP contribution in [0.5, 0.6) is 0 Å². The summed E-state index contributed by atoms with van der Waals surface area (Å²) in [6.07, 6.45) is 0.345. The summed E-state index contributed by atoms with van der Waals surface area (Å²) in [5, 5.41) is 0. The van der Waals surface area contributed by atoms with Crippen LogP contribution in [0.2, 0.25) is 0 Å². The fourth-order valence-electron chi connectivity index (χ4n) is 2.44.